The van der Waals surface area contributed by atoms with Gasteiger partial charge in [-0.05, 0) is 42.4 Å². The average molecular weight is 354 g/mol. The van der Waals surface area contributed by atoms with Gasteiger partial charge in [-0.1, -0.05) is 30.7 Å². The van der Waals surface area contributed by atoms with Gasteiger partial charge in [0.2, 0.25) is 0 Å². The van der Waals surface area contributed by atoms with E-state index in [4.69, 9.17) is 23.2 Å². The number of hydrogen-bond acceptors (Lipinski definition) is 3. The molecule has 6 heteroatoms. The van der Waals surface area contributed by atoms with Crippen LogP contribution in [0.4, 0.5) is 0 Å². The first-order valence-electron chi connectivity index (χ1n) is 7.80. The molecule has 3 rings (SSSR count). The Morgan fingerprint density at radius 1 is 1.35 bits per heavy atom. The van der Waals surface area contributed by atoms with Gasteiger partial charge in [-0.15, -0.1) is 11.6 Å². The third kappa shape index (κ3) is 3.00. The van der Waals surface area contributed by atoms with E-state index in [-0.39, 0.29) is 10.8 Å². The fourth-order valence-electron chi connectivity index (χ4n) is 3.84. The van der Waals surface area contributed by atoms with Crippen molar-refractivity contribution < 1.29 is 5.11 Å². The third-order valence-corrected chi connectivity index (χ3v) is 6.29. The van der Waals surface area contributed by atoms with Crippen LogP contribution in [0.2, 0.25) is 5.02 Å². The highest BCUT2D eigenvalue weighted by Crippen LogP contribution is 2.56. The standard InChI is InChI=1S/C17H21Cl2N3O/c1-16(9-18)7-6-15(23)17(16,10-22-12-20-11-21-22)8-13-2-4-14(19)5-3-13/h2-5,11-12,15,23H,6-10H2,1H3/t15-,16+,17+/m0/s1. The maximum Gasteiger partial charge on any atom is 0.137 e. The minimum atomic E-state index is -0.425. The second-order valence-electron chi connectivity index (χ2n) is 6.80. The van der Waals surface area contributed by atoms with Gasteiger partial charge < -0.3 is 5.11 Å². The van der Waals surface area contributed by atoms with Gasteiger partial charge >= 0.3 is 0 Å². The van der Waals surface area contributed by atoms with E-state index >= 15 is 0 Å². The SMILES string of the molecule is C[C@]1(CCl)CC[C@H](O)[C@@]1(Cc1ccc(Cl)cc1)Cn1cncn1. The van der Waals surface area contributed by atoms with E-state index in [9.17, 15) is 5.11 Å². The highest BCUT2D eigenvalue weighted by molar-refractivity contribution is 6.30. The summed E-state index contributed by atoms with van der Waals surface area (Å²) >= 11 is 12.3. The molecule has 1 saturated carbocycles. The summed E-state index contributed by atoms with van der Waals surface area (Å²) < 4.78 is 1.80. The van der Waals surface area contributed by atoms with Crippen LogP contribution in [-0.4, -0.2) is 31.9 Å². The molecule has 1 N–H and O–H groups in total. The van der Waals surface area contributed by atoms with Crippen LogP contribution in [0.3, 0.4) is 0 Å². The van der Waals surface area contributed by atoms with Crippen LogP contribution < -0.4 is 0 Å². The molecule has 23 heavy (non-hydrogen) atoms. The second kappa shape index (κ2) is 6.42. The summed E-state index contributed by atoms with van der Waals surface area (Å²) in [7, 11) is 0. The fourth-order valence-corrected chi connectivity index (χ4v) is 4.36. The largest absolute Gasteiger partial charge is 0.392 e. The van der Waals surface area contributed by atoms with Crippen LogP contribution in [0.1, 0.15) is 25.3 Å². The zero-order chi connectivity index (χ0) is 16.5. The number of halogens is 2. The zero-order valence-electron chi connectivity index (χ0n) is 13.1. The molecule has 0 radical (unpaired) electrons. The summed E-state index contributed by atoms with van der Waals surface area (Å²) in [6, 6.07) is 7.81. The van der Waals surface area contributed by atoms with E-state index in [1.807, 2.05) is 24.3 Å². The Morgan fingerprint density at radius 3 is 2.70 bits per heavy atom. The Morgan fingerprint density at radius 2 is 2.09 bits per heavy atom. The molecular weight excluding hydrogens is 333 g/mol. The van der Waals surface area contributed by atoms with Crippen molar-refractivity contribution in [2.45, 2.75) is 38.8 Å². The van der Waals surface area contributed by atoms with Crippen molar-refractivity contribution >= 4 is 23.2 Å². The van der Waals surface area contributed by atoms with Crippen molar-refractivity contribution in [3.63, 3.8) is 0 Å². The highest BCUT2D eigenvalue weighted by Gasteiger charge is 2.57. The quantitative estimate of drug-likeness (QED) is 0.836. The van der Waals surface area contributed by atoms with Gasteiger partial charge in [0, 0.05) is 16.3 Å². The van der Waals surface area contributed by atoms with Gasteiger partial charge in [0.1, 0.15) is 12.7 Å². The summed E-state index contributed by atoms with van der Waals surface area (Å²) in [5.74, 6) is 0.506. The molecule has 2 aromatic rings. The predicted octanol–water partition coefficient (Wildman–Crippen LogP) is 3.56. The minimum Gasteiger partial charge on any atom is -0.392 e. The molecule has 1 aromatic heterocycles. The predicted molar refractivity (Wildman–Crippen MR) is 91.7 cm³/mol. The Bertz CT molecular complexity index is 646. The number of aromatic nitrogens is 3. The lowest BCUT2D eigenvalue weighted by atomic mass is 9.63. The molecule has 124 valence electrons. The number of aliphatic hydroxyl groups is 1. The maximum atomic E-state index is 10.9. The third-order valence-electron chi connectivity index (χ3n) is 5.45. The van der Waals surface area contributed by atoms with E-state index in [1.54, 1.807) is 11.0 Å². The molecule has 0 bridgehead atoms. The van der Waals surface area contributed by atoms with Gasteiger partial charge in [0.25, 0.3) is 0 Å². The number of nitrogens with zero attached hydrogens (tertiary/aromatic N) is 3. The van der Waals surface area contributed by atoms with Crippen molar-refractivity contribution in [3.8, 4) is 0 Å². The van der Waals surface area contributed by atoms with Gasteiger partial charge in [-0.2, -0.15) is 5.10 Å². The van der Waals surface area contributed by atoms with Gasteiger partial charge in [0.05, 0.1) is 12.6 Å². The summed E-state index contributed by atoms with van der Waals surface area (Å²) in [5.41, 5.74) is 0.599. The normalized spacial score (nSPS) is 30.7. The molecule has 1 aliphatic carbocycles. The molecule has 1 fully saturated rings. The van der Waals surface area contributed by atoms with Gasteiger partial charge in [-0.25, -0.2) is 4.98 Å². The van der Waals surface area contributed by atoms with Crippen molar-refractivity contribution in [2.75, 3.05) is 5.88 Å². The Kier molecular flexibility index (Phi) is 4.68. The lowest BCUT2D eigenvalue weighted by molar-refractivity contribution is -0.0259. The van der Waals surface area contributed by atoms with Crippen LogP contribution >= 0.6 is 23.2 Å². The molecule has 1 aromatic carbocycles. The maximum absolute atomic E-state index is 10.9. The molecule has 1 aliphatic rings. The number of hydrogen-bond donors (Lipinski definition) is 1. The van der Waals surface area contributed by atoms with Crippen molar-refractivity contribution in [3.05, 3.63) is 47.5 Å². The van der Waals surface area contributed by atoms with E-state index in [2.05, 4.69) is 17.0 Å². The molecule has 0 unspecified atom stereocenters. The molecule has 3 atom stereocenters. The van der Waals surface area contributed by atoms with Crippen LogP contribution in [-0.2, 0) is 13.0 Å². The fraction of sp³-hybridized carbons (Fsp3) is 0.529. The van der Waals surface area contributed by atoms with E-state index in [0.717, 1.165) is 24.8 Å². The number of benzene rings is 1. The van der Waals surface area contributed by atoms with E-state index in [1.165, 1.54) is 6.33 Å². The highest BCUT2D eigenvalue weighted by atomic mass is 35.5. The molecule has 0 amide bonds. The minimum absolute atomic E-state index is 0.167. The van der Waals surface area contributed by atoms with Crippen LogP contribution in [0.15, 0.2) is 36.9 Å². The lowest BCUT2D eigenvalue weighted by Crippen LogP contribution is -2.48. The summed E-state index contributed by atoms with van der Waals surface area (Å²) in [6.07, 6.45) is 5.18. The topological polar surface area (TPSA) is 50.9 Å². The Hall–Kier alpha value is -1.10. The molecule has 4 nitrogen and oxygen atoms in total. The van der Waals surface area contributed by atoms with Crippen LogP contribution in [0, 0.1) is 10.8 Å². The first-order valence-corrected chi connectivity index (χ1v) is 8.71. The average Bonchev–Trinajstić information content (AvgIpc) is 3.13. The number of alkyl halides is 1. The summed E-state index contributed by atoms with van der Waals surface area (Å²) in [4.78, 5) is 4.03. The monoisotopic (exact) mass is 353 g/mol. The second-order valence-corrected chi connectivity index (χ2v) is 7.50. The molecule has 1 heterocycles. The first-order chi connectivity index (χ1) is 11.0. The van der Waals surface area contributed by atoms with Crippen LogP contribution in [0.25, 0.3) is 0 Å². The Balaban J connectivity index is 2.00. The smallest absolute Gasteiger partial charge is 0.137 e. The molecule has 0 aliphatic heterocycles. The van der Waals surface area contributed by atoms with Gasteiger partial charge in [0.15, 0.2) is 0 Å². The van der Waals surface area contributed by atoms with E-state index < -0.39 is 6.10 Å². The number of aliphatic hydroxyl groups excluding tert-OH is 1. The first kappa shape index (κ1) is 16.7. The zero-order valence-corrected chi connectivity index (χ0v) is 14.6. The number of rotatable bonds is 5. The van der Waals surface area contributed by atoms with E-state index in [0.29, 0.717) is 17.4 Å². The van der Waals surface area contributed by atoms with Gasteiger partial charge in [-0.3, -0.25) is 4.68 Å². The summed E-state index contributed by atoms with van der Waals surface area (Å²) in [6.45, 7) is 2.77. The lowest BCUT2D eigenvalue weighted by Gasteiger charge is -2.45. The summed E-state index contributed by atoms with van der Waals surface area (Å²) in [5, 5.41) is 15.8. The molecule has 0 saturated heterocycles. The van der Waals surface area contributed by atoms with Crippen molar-refractivity contribution in [2.24, 2.45) is 10.8 Å². The van der Waals surface area contributed by atoms with Crippen molar-refractivity contribution in [1.82, 2.24) is 14.8 Å². The molecule has 0 spiro atoms. The Labute approximate surface area is 146 Å². The molecular formula is C17H21Cl2N3O. The van der Waals surface area contributed by atoms with Crippen molar-refractivity contribution in [1.29, 1.82) is 0 Å². The van der Waals surface area contributed by atoms with Crippen LogP contribution in [0.5, 0.6) is 0 Å².